The van der Waals surface area contributed by atoms with Crippen LogP contribution in [0.15, 0.2) is 54.9 Å². The van der Waals surface area contributed by atoms with E-state index < -0.39 is 23.6 Å². The van der Waals surface area contributed by atoms with E-state index in [4.69, 9.17) is 11.6 Å². The summed E-state index contributed by atoms with van der Waals surface area (Å²) in [5, 5.41) is 5.36. The number of rotatable bonds is 4. The van der Waals surface area contributed by atoms with E-state index in [0.29, 0.717) is 40.8 Å². The van der Waals surface area contributed by atoms with Gasteiger partial charge in [0, 0.05) is 34.8 Å². The zero-order valence-corrected chi connectivity index (χ0v) is 16.3. The first-order valence-corrected chi connectivity index (χ1v) is 9.60. The Labute approximate surface area is 176 Å². The Morgan fingerprint density at radius 2 is 1.73 bits per heavy atom. The zero-order chi connectivity index (χ0) is 21.3. The summed E-state index contributed by atoms with van der Waals surface area (Å²) in [4.78, 5) is 29.1. The highest BCUT2D eigenvalue weighted by Crippen LogP contribution is 2.36. The van der Waals surface area contributed by atoms with Crippen LogP contribution < -0.4 is 10.6 Å². The summed E-state index contributed by atoms with van der Waals surface area (Å²) >= 11 is 5.76. The van der Waals surface area contributed by atoms with Gasteiger partial charge in [0.1, 0.15) is 11.6 Å². The minimum absolute atomic E-state index is 0.115. The third-order valence-electron chi connectivity index (χ3n) is 5.01. The Morgan fingerprint density at radius 1 is 1.00 bits per heavy atom. The summed E-state index contributed by atoms with van der Waals surface area (Å²) in [6.45, 7) is 0. The van der Waals surface area contributed by atoms with Crippen LogP contribution in [0.5, 0.6) is 0 Å². The maximum absolute atomic E-state index is 14.6. The molecule has 1 heterocycles. The number of nitrogens with one attached hydrogen (secondary N) is 2. The van der Waals surface area contributed by atoms with E-state index in [1.54, 1.807) is 12.1 Å². The van der Waals surface area contributed by atoms with Crippen LogP contribution in [-0.4, -0.2) is 16.8 Å². The number of halogens is 3. The van der Waals surface area contributed by atoms with Crippen molar-refractivity contribution < 1.29 is 18.4 Å². The fourth-order valence-electron chi connectivity index (χ4n) is 3.59. The molecule has 5 nitrogen and oxygen atoms in total. The second-order valence-electron chi connectivity index (χ2n) is 6.87. The lowest BCUT2D eigenvalue weighted by Gasteiger charge is -2.16. The molecule has 0 fully saturated rings. The van der Waals surface area contributed by atoms with Crippen molar-refractivity contribution in [3.63, 3.8) is 0 Å². The fourth-order valence-corrected chi connectivity index (χ4v) is 3.77. The van der Waals surface area contributed by atoms with Crippen molar-refractivity contribution in [2.75, 3.05) is 5.32 Å². The van der Waals surface area contributed by atoms with Gasteiger partial charge in [-0.1, -0.05) is 11.6 Å². The first-order valence-electron chi connectivity index (χ1n) is 9.22. The SMILES string of the molecule is O=C(N[C@H]1CCc2c(C(=O)Nc3ccc(F)c(Cl)c3)ccc(F)c21)c1ccncc1. The number of amides is 2. The molecule has 30 heavy (non-hydrogen) atoms. The van der Waals surface area contributed by atoms with Crippen LogP contribution in [0.1, 0.15) is 44.3 Å². The summed E-state index contributed by atoms with van der Waals surface area (Å²) in [7, 11) is 0. The van der Waals surface area contributed by atoms with Gasteiger partial charge in [0.15, 0.2) is 0 Å². The van der Waals surface area contributed by atoms with Gasteiger partial charge in [0.05, 0.1) is 11.1 Å². The monoisotopic (exact) mass is 427 g/mol. The molecule has 0 bridgehead atoms. The van der Waals surface area contributed by atoms with Crippen LogP contribution in [0.25, 0.3) is 0 Å². The number of carbonyl (C=O) groups is 2. The first kappa shape index (κ1) is 20.0. The van der Waals surface area contributed by atoms with Crippen LogP contribution >= 0.6 is 11.6 Å². The lowest BCUT2D eigenvalue weighted by atomic mass is 10.0. The molecule has 0 saturated carbocycles. The summed E-state index contributed by atoms with van der Waals surface area (Å²) in [5.41, 5.74) is 1.89. The molecule has 2 amide bonds. The molecular weight excluding hydrogens is 412 g/mol. The first-order chi connectivity index (χ1) is 14.4. The van der Waals surface area contributed by atoms with E-state index in [-0.39, 0.29) is 10.9 Å². The van der Waals surface area contributed by atoms with Gasteiger partial charge < -0.3 is 10.6 Å². The molecule has 0 unspecified atom stereocenters. The molecule has 8 heteroatoms. The molecule has 0 spiro atoms. The van der Waals surface area contributed by atoms with Crippen LogP contribution in [0.4, 0.5) is 14.5 Å². The van der Waals surface area contributed by atoms with Gasteiger partial charge in [-0.3, -0.25) is 14.6 Å². The molecule has 152 valence electrons. The van der Waals surface area contributed by atoms with E-state index >= 15 is 0 Å². The Morgan fingerprint density at radius 3 is 2.47 bits per heavy atom. The molecule has 2 N–H and O–H groups in total. The van der Waals surface area contributed by atoms with Crippen molar-refractivity contribution in [3.05, 3.63) is 93.8 Å². The molecule has 1 aliphatic carbocycles. The molecule has 4 rings (SSSR count). The Balaban J connectivity index is 1.58. The second kappa shape index (κ2) is 8.20. The molecule has 1 aliphatic rings. The molecular formula is C22H16ClF2N3O2. The molecule has 0 saturated heterocycles. The molecule has 1 atom stereocenters. The third-order valence-corrected chi connectivity index (χ3v) is 5.29. The Kier molecular flexibility index (Phi) is 5.46. The van der Waals surface area contributed by atoms with E-state index in [9.17, 15) is 18.4 Å². The number of nitrogens with zero attached hydrogens (tertiary/aromatic N) is 1. The lowest BCUT2D eigenvalue weighted by Crippen LogP contribution is -2.27. The number of anilines is 1. The zero-order valence-electron chi connectivity index (χ0n) is 15.6. The molecule has 0 radical (unpaired) electrons. The minimum atomic E-state index is -0.592. The highest BCUT2D eigenvalue weighted by molar-refractivity contribution is 6.31. The summed E-state index contributed by atoms with van der Waals surface area (Å²) < 4.78 is 27.9. The smallest absolute Gasteiger partial charge is 0.255 e. The van der Waals surface area contributed by atoms with Gasteiger partial charge in [0.2, 0.25) is 0 Å². The van der Waals surface area contributed by atoms with Crippen molar-refractivity contribution in [2.24, 2.45) is 0 Å². The molecule has 2 aromatic carbocycles. The number of hydrogen-bond acceptors (Lipinski definition) is 3. The van der Waals surface area contributed by atoms with Crippen molar-refractivity contribution in [2.45, 2.75) is 18.9 Å². The van der Waals surface area contributed by atoms with Gasteiger partial charge >= 0.3 is 0 Å². The average molecular weight is 428 g/mol. The number of aromatic nitrogens is 1. The largest absolute Gasteiger partial charge is 0.345 e. The fraction of sp³-hybridized carbons (Fsp3) is 0.136. The lowest BCUT2D eigenvalue weighted by molar-refractivity contribution is 0.0935. The normalized spacial score (nSPS) is 14.8. The van der Waals surface area contributed by atoms with E-state index in [2.05, 4.69) is 15.6 Å². The quantitative estimate of drug-likeness (QED) is 0.635. The topological polar surface area (TPSA) is 71.1 Å². The van der Waals surface area contributed by atoms with Crippen molar-refractivity contribution in [1.29, 1.82) is 0 Å². The van der Waals surface area contributed by atoms with Gasteiger partial charge in [-0.05, 0) is 60.9 Å². The highest BCUT2D eigenvalue weighted by Gasteiger charge is 2.31. The van der Waals surface area contributed by atoms with E-state index in [0.717, 1.165) is 6.07 Å². The molecule has 1 aromatic heterocycles. The number of pyridine rings is 1. The molecule has 3 aromatic rings. The third kappa shape index (κ3) is 3.89. The standard InChI is InChI=1S/C22H16ClF2N3O2/c23-16-11-13(1-4-17(16)24)27-22(30)15-2-5-18(25)20-14(15)3-6-19(20)28-21(29)12-7-9-26-10-8-12/h1-2,4-5,7-11,19H,3,6H2,(H,27,30)(H,28,29)/t19-/m0/s1. The Hall–Kier alpha value is -3.32. The van der Waals surface area contributed by atoms with Gasteiger partial charge in [-0.15, -0.1) is 0 Å². The van der Waals surface area contributed by atoms with Crippen molar-refractivity contribution in [1.82, 2.24) is 10.3 Å². The number of carbonyl (C=O) groups excluding carboxylic acids is 2. The number of fused-ring (bicyclic) bond motifs is 1. The van der Waals surface area contributed by atoms with E-state index in [1.165, 1.54) is 36.7 Å². The van der Waals surface area contributed by atoms with Crippen LogP contribution in [0, 0.1) is 11.6 Å². The maximum atomic E-state index is 14.6. The predicted molar refractivity (Wildman–Crippen MR) is 109 cm³/mol. The van der Waals surface area contributed by atoms with Gasteiger partial charge in [-0.2, -0.15) is 0 Å². The average Bonchev–Trinajstić information content (AvgIpc) is 3.16. The number of benzene rings is 2. The van der Waals surface area contributed by atoms with Crippen LogP contribution in [-0.2, 0) is 6.42 Å². The van der Waals surface area contributed by atoms with Gasteiger partial charge in [0.25, 0.3) is 11.8 Å². The highest BCUT2D eigenvalue weighted by atomic mass is 35.5. The second-order valence-corrected chi connectivity index (χ2v) is 7.28. The Bertz CT molecular complexity index is 1140. The number of hydrogen-bond donors (Lipinski definition) is 2. The summed E-state index contributed by atoms with van der Waals surface area (Å²) in [6.07, 6.45) is 3.90. The minimum Gasteiger partial charge on any atom is -0.345 e. The van der Waals surface area contributed by atoms with Crippen LogP contribution in [0.3, 0.4) is 0 Å². The van der Waals surface area contributed by atoms with Crippen molar-refractivity contribution in [3.8, 4) is 0 Å². The van der Waals surface area contributed by atoms with Gasteiger partial charge in [-0.25, -0.2) is 8.78 Å². The maximum Gasteiger partial charge on any atom is 0.255 e. The summed E-state index contributed by atoms with van der Waals surface area (Å²) in [6, 6.07) is 9.05. The van der Waals surface area contributed by atoms with E-state index in [1.807, 2.05) is 0 Å². The molecule has 0 aliphatic heterocycles. The van der Waals surface area contributed by atoms with Crippen LogP contribution in [0.2, 0.25) is 5.02 Å². The predicted octanol–water partition coefficient (Wildman–Crippen LogP) is 4.68. The van der Waals surface area contributed by atoms with Crippen molar-refractivity contribution >= 4 is 29.1 Å². The summed E-state index contributed by atoms with van der Waals surface area (Å²) in [5.74, 6) is -1.88.